The molecule has 3 aromatic carbocycles. The third-order valence-electron chi connectivity index (χ3n) is 4.57. The number of carbonyl (C=O) groups excluding carboxylic acids is 2. The number of aromatic nitrogens is 2. The number of thioether (sulfide) groups is 1. The zero-order valence-corrected chi connectivity index (χ0v) is 18.6. The number of amides is 1. The van der Waals surface area contributed by atoms with Crippen LogP contribution in [0.1, 0.15) is 21.5 Å². The minimum atomic E-state index is -0.311. The normalized spacial score (nSPS) is 10.7. The number of hydrogen-bond donors (Lipinski definition) is 1. The summed E-state index contributed by atoms with van der Waals surface area (Å²) in [6.45, 7) is 2.00. The predicted molar refractivity (Wildman–Crippen MR) is 125 cm³/mol. The molecular formula is C24H18ClN3O3S. The van der Waals surface area contributed by atoms with E-state index in [2.05, 4.69) is 15.5 Å². The van der Waals surface area contributed by atoms with Gasteiger partial charge < -0.3 is 9.73 Å². The molecule has 0 aliphatic heterocycles. The molecule has 0 saturated heterocycles. The lowest BCUT2D eigenvalue weighted by molar-refractivity contribution is -0.113. The van der Waals surface area contributed by atoms with E-state index in [1.54, 1.807) is 42.5 Å². The first-order valence-corrected chi connectivity index (χ1v) is 11.1. The molecule has 0 saturated carbocycles. The Labute approximate surface area is 194 Å². The number of nitrogens with one attached hydrogen (secondary N) is 1. The molecule has 0 atom stereocenters. The highest BCUT2D eigenvalue weighted by Crippen LogP contribution is 2.26. The van der Waals surface area contributed by atoms with E-state index in [0.717, 1.165) is 22.9 Å². The molecule has 1 heterocycles. The largest absolute Gasteiger partial charge is 0.411 e. The summed E-state index contributed by atoms with van der Waals surface area (Å²) in [4.78, 5) is 25.4. The summed E-state index contributed by atoms with van der Waals surface area (Å²) in [6, 6.07) is 21.3. The Morgan fingerprint density at radius 2 is 1.75 bits per heavy atom. The minimum Gasteiger partial charge on any atom is -0.411 e. The summed E-state index contributed by atoms with van der Waals surface area (Å²) in [5.41, 5.74) is 3.16. The Morgan fingerprint density at radius 1 is 1.00 bits per heavy atom. The molecule has 1 aromatic heterocycles. The first-order chi connectivity index (χ1) is 15.5. The highest BCUT2D eigenvalue weighted by atomic mass is 35.5. The van der Waals surface area contributed by atoms with Crippen molar-refractivity contribution in [3.05, 3.63) is 94.5 Å². The average molecular weight is 464 g/mol. The van der Waals surface area contributed by atoms with Crippen LogP contribution in [0.3, 0.4) is 0 Å². The summed E-state index contributed by atoms with van der Waals surface area (Å²) >= 11 is 7.21. The van der Waals surface area contributed by atoms with Gasteiger partial charge in [-0.15, -0.1) is 10.2 Å². The number of benzene rings is 3. The van der Waals surface area contributed by atoms with Crippen molar-refractivity contribution in [1.82, 2.24) is 10.2 Å². The summed E-state index contributed by atoms with van der Waals surface area (Å²) in [7, 11) is 0. The Balaban J connectivity index is 1.43. The summed E-state index contributed by atoms with van der Waals surface area (Å²) in [5.74, 6) is -0.108. The number of anilines is 1. The van der Waals surface area contributed by atoms with Gasteiger partial charge in [0.1, 0.15) is 0 Å². The van der Waals surface area contributed by atoms with E-state index in [1.807, 2.05) is 37.3 Å². The third-order valence-corrected chi connectivity index (χ3v) is 5.62. The molecular weight excluding hydrogens is 446 g/mol. The summed E-state index contributed by atoms with van der Waals surface area (Å²) in [6.07, 6.45) is 0. The third kappa shape index (κ3) is 5.25. The van der Waals surface area contributed by atoms with Gasteiger partial charge in [-0.05, 0) is 37.3 Å². The van der Waals surface area contributed by atoms with Crippen LogP contribution in [0.25, 0.3) is 11.5 Å². The Bertz CT molecular complexity index is 1260. The molecule has 0 bridgehead atoms. The molecule has 160 valence electrons. The Kier molecular flexibility index (Phi) is 6.68. The second-order valence-corrected chi connectivity index (χ2v) is 8.32. The molecule has 0 spiro atoms. The van der Waals surface area contributed by atoms with Gasteiger partial charge in [0.15, 0.2) is 5.78 Å². The van der Waals surface area contributed by atoms with Crippen LogP contribution in [0.5, 0.6) is 0 Å². The molecule has 32 heavy (non-hydrogen) atoms. The number of halogens is 1. The number of rotatable bonds is 7. The topological polar surface area (TPSA) is 85.1 Å². The SMILES string of the molecule is Cc1ccc(-c2nnc(SCC(=O)Nc3ccc(Cl)cc3C(=O)c3ccccc3)o2)cc1. The molecule has 0 fully saturated rings. The van der Waals surface area contributed by atoms with E-state index in [0.29, 0.717) is 27.7 Å². The zero-order valence-electron chi connectivity index (χ0n) is 17.0. The van der Waals surface area contributed by atoms with Crippen molar-refractivity contribution in [2.24, 2.45) is 0 Å². The van der Waals surface area contributed by atoms with Crippen LogP contribution in [0.4, 0.5) is 5.69 Å². The lowest BCUT2D eigenvalue weighted by atomic mass is 10.0. The highest BCUT2D eigenvalue weighted by Gasteiger charge is 2.17. The van der Waals surface area contributed by atoms with E-state index in [4.69, 9.17) is 16.0 Å². The zero-order chi connectivity index (χ0) is 22.5. The fourth-order valence-corrected chi connectivity index (χ4v) is 3.69. The van der Waals surface area contributed by atoms with Gasteiger partial charge in [0.25, 0.3) is 5.22 Å². The molecule has 1 N–H and O–H groups in total. The van der Waals surface area contributed by atoms with Gasteiger partial charge in [0.05, 0.1) is 11.4 Å². The van der Waals surface area contributed by atoms with Gasteiger partial charge >= 0.3 is 0 Å². The summed E-state index contributed by atoms with van der Waals surface area (Å²) < 4.78 is 5.63. The molecule has 4 rings (SSSR count). The van der Waals surface area contributed by atoms with E-state index in [1.165, 1.54) is 0 Å². The molecule has 0 aliphatic carbocycles. The van der Waals surface area contributed by atoms with Gasteiger partial charge in [-0.25, -0.2) is 0 Å². The average Bonchev–Trinajstić information content (AvgIpc) is 3.28. The van der Waals surface area contributed by atoms with Crippen molar-refractivity contribution in [2.75, 3.05) is 11.1 Å². The molecule has 0 radical (unpaired) electrons. The number of aryl methyl sites for hydroxylation is 1. The van der Waals surface area contributed by atoms with Gasteiger partial charge in [0, 0.05) is 21.7 Å². The van der Waals surface area contributed by atoms with Crippen molar-refractivity contribution >= 4 is 40.7 Å². The van der Waals surface area contributed by atoms with Crippen LogP contribution < -0.4 is 5.32 Å². The van der Waals surface area contributed by atoms with Crippen molar-refractivity contribution in [2.45, 2.75) is 12.1 Å². The van der Waals surface area contributed by atoms with Crippen LogP contribution in [-0.4, -0.2) is 27.6 Å². The highest BCUT2D eigenvalue weighted by molar-refractivity contribution is 7.99. The van der Waals surface area contributed by atoms with Crippen LogP contribution in [-0.2, 0) is 4.79 Å². The second-order valence-electron chi connectivity index (χ2n) is 6.96. The standard InChI is InChI=1S/C24H18ClN3O3S/c1-15-7-9-17(10-8-15)23-27-28-24(31-23)32-14-21(29)26-20-12-11-18(25)13-19(20)22(30)16-5-3-2-4-6-16/h2-13H,14H2,1H3,(H,26,29). The number of carbonyl (C=O) groups is 2. The molecule has 8 heteroatoms. The van der Waals surface area contributed by atoms with Crippen molar-refractivity contribution < 1.29 is 14.0 Å². The number of hydrogen-bond acceptors (Lipinski definition) is 6. The van der Waals surface area contributed by atoms with Crippen molar-refractivity contribution in [1.29, 1.82) is 0 Å². The number of nitrogens with zero attached hydrogens (tertiary/aromatic N) is 2. The van der Waals surface area contributed by atoms with Crippen LogP contribution in [0.15, 0.2) is 82.4 Å². The van der Waals surface area contributed by atoms with Gasteiger partial charge in [-0.2, -0.15) is 0 Å². The Hall–Kier alpha value is -3.42. The number of ketones is 1. The van der Waals surface area contributed by atoms with Gasteiger partial charge in [-0.3, -0.25) is 9.59 Å². The predicted octanol–water partition coefficient (Wildman–Crippen LogP) is 5.66. The van der Waals surface area contributed by atoms with Gasteiger partial charge in [-0.1, -0.05) is 71.4 Å². The lowest BCUT2D eigenvalue weighted by Crippen LogP contribution is -2.17. The maximum Gasteiger partial charge on any atom is 0.277 e. The molecule has 0 unspecified atom stereocenters. The molecule has 4 aromatic rings. The smallest absolute Gasteiger partial charge is 0.277 e. The van der Waals surface area contributed by atoms with E-state index < -0.39 is 0 Å². The van der Waals surface area contributed by atoms with Crippen LogP contribution in [0.2, 0.25) is 5.02 Å². The lowest BCUT2D eigenvalue weighted by Gasteiger charge is -2.11. The second kappa shape index (κ2) is 9.80. The monoisotopic (exact) mass is 463 g/mol. The fourth-order valence-electron chi connectivity index (χ4n) is 2.95. The van der Waals surface area contributed by atoms with Crippen molar-refractivity contribution in [3.63, 3.8) is 0 Å². The molecule has 6 nitrogen and oxygen atoms in total. The molecule has 0 aliphatic rings. The fraction of sp³-hybridized carbons (Fsp3) is 0.0833. The first-order valence-electron chi connectivity index (χ1n) is 9.72. The van der Waals surface area contributed by atoms with E-state index in [9.17, 15) is 9.59 Å². The Morgan fingerprint density at radius 3 is 2.50 bits per heavy atom. The maximum absolute atomic E-state index is 12.9. The molecule has 1 amide bonds. The van der Waals surface area contributed by atoms with E-state index in [-0.39, 0.29) is 22.7 Å². The van der Waals surface area contributed by atoms with Gasteiger partial charge in [0.2, 0.25) is 11.8 Å². The van der Waals surface area contributed by atoms with E-state index >= 15 is 0 Å². The van der Waals surface area contributed by atoms with Crippen molar-refractivity contribution in [3.8, 4) is 11.5 Å². The minimum absolute atomic E-state index is 0.0388. The van der Waals surface area contributed by atoms with Crippen LogP contribution >= 0.6 is 23.4 Å². The maximum atomic E-state index is 12.9. The quantitative estimate of drug-likeness (QED) is 0.281. The van der Waals surface area contributed by atoms with Crippen LogP contribution in [0, 0.1) is 6.92 Å². The first kappa shape index (κ1) is 21.8. The summed E-state index contributed by atoms with van der Waals surface area (Å²) in [5, 5.41) is 11.5.